The maximum Gasteiger partial charge on any atom is 0.315 e. The second-order valence-corrected chi connectivity index (χ2v) is 6.28. The summed E-state index contributed by atoms with van der Waals surface area (Å²) in [5, 5.41) is 7.40. The molecule has 24 heavy (non-hydrogen) atoms. The van der Waals surface area contributed by atoms with Crippen molar-refractivity contribution in [2.75, 3.05) is 11.9 Å². The Labute approximate surface area is 145 Å². The van der Waals surface area contributed by atoms with Gasteiger partial charge in [-0.15, -0.1) is 11.3 Å². The van der Waals surface area contributed by atoms with Crippen LogP contribution in [0.4, 0.5) is 5.13 Å². The number of amides is 2. The lowest BCUT2D eigenvalue weighted by Gasteiger charge is -2.18. The quantitative estimate of drug-likeness (QED) is 0.815. The highest BCUT2D eigenvalue weighted by Gasteiger charge is 2.20. The summed E-state index contributed by atoms with van der Waals surface area (Å²) in [6, 6.07) is 5.40. The van der Waals surface area contributed by atoms with Gasteiger partial charge in [-0.1, -0.05) is 17.7 Å². The van der Waals surface area contributed by atoms with Crippen molar-refractivity contribution in [2.45, 2.75) is 33.7 Å². The van der Waals surface area contributed by atoms with Gasteiger partial charge in [-0.25, -0.2) is 4.98 Å². The maximum atomic E-state index is 12.1. The fourth-order valence-electron chi connectivity index (χ4n) is 2.20. The molecule has 1 unspecified atom stereocenters. The average molecular weight is 347 g/mol. The summed E-state index contributed by atoms with van der Waals surface area (Å²) in [5.74, 6) is -0.743. The summed E-state index contributed by atoms with van der Waals surface area (Å²) in [4.78, 5) is 28.2. The molecular weight excluding hydrogens is 326 g/mol. The number of rotatable bonds is 5. The molecule has 0 aliphatic carbocycles. The van der Waals surface area contributed by atoms with E-state index in [0.717, 1.165) is 16.8 Å². The Balaban J connectivity index is 2.05. The molecule has 7 heteroatoms. The Morgan fingerprint density at radius 2 is 2.04 bits per heavy atom. The minimum Gasteiger partial charge on any atom is -0.494 e. The third-order valence-corrected chi connectivity index (χ3v) is 4.20. The molecule has 1 aromatic carbocycles. The number of ether oxygens (including phenoxy) is 1. The van der Waals surface area contributed by atoms with Gasteiger partial charge in [0.15, 0.2) is 5.13 Å². The molecule has 0 spiro atoms. The third kappa shape index (κ3) is 4.55. The van der Waals surface area contributed by atoms with Gasteiger partial charge in [0, 0.05) is 10.9 Å². The van der Waals surface area contributed by atoms with Crippen LogP contribution in [-0.4, -0.2) is 23.4 Å². The van der Waals surface area contributed by atoms with Crippen LogP contribution in [0.15, 0.2) is 23.6 Å². The largest absolute Gasteiger partial charge is 0.494 e. The van der Waals surface area contributed by atoms with E-state index in [1.165, 1.54) is 11.3 Å². The second kappa shape index (κ2) is 7.92. The number of nitrogens with one attached hydrogen (secondary N) is 2. The topological polar surface area (TPSA) is 80.3 Å². The number of carbonyl (C=O) groups is 2. The minimum atomic E-state index is -0.734. The van der Waals surface area contributed by atoms with E-state index in [1.807, 2.05) is 45.9 Å². The molecule has 2 amide bonds. The minimum absolute atomic E-state index is 0.359. The van der Waals surface area contributed by atoms with Crippen LogP contribution in [0.1, 0.15) is 36.7 Å². The summed E-state index contributed by atoms with van der Waals surface area (Å²) in [7, 11) is 0. The zero-order valence-corrected chi connectivity index (χ0v) is 15.0. The zero-order chi connectivity index (χ0) is 17.7. The van der Waals surface area contributed by atoms with Gasteiger partial charge in [0.1, 0.15) is 5.75 Å². The van der Waals surface area contributed by atoms with Crippen LogP contribution in [0.3, 0.4) is 0 Å². The zero-order valence-electron chi connectivity index (χ0n) is 14.2. The van der Waals surface area contributed by atoms with Crippen molar-refractivity contribution in [3.8, 4) is 5.75 Å². The van der Waals surface area contributed by atoms with E-state index >= 15 is 0 Å². The van der Waals surface area contributed by atoms with Crippen LogP contribution in [0, 0.1) is 13.8 Å². The van der Waals surface area contributed by atoms with E-state index in [-0.39, 0.29) is 6.04 Å². The lowest BCUT2D eigenvalue weighted by atomic mass is 10.0. The van der Waals surface area contributed by atoms with E-state index in [9.17, 15) is 9.59 Å². The van der Waals surface area contributed by atoms with Gasteiger partial charge in [0.25, 0.3) is 0 Å². The predicted octanol–water partition coefficient (Wildman–Crippen LogP) is 2.97. The molecule has 0 aliphatic rings. The maximum absolute atomic E-state index is 12.1. The first-order valence-corrected chi connectivity index (χ1v) is 8.56. The fourth-order valence-corrected chi connectivity index (χ4v) is 2.88. The predicted molar refractivity (Wildman–Crippen MR) is 94.4 cm³/mol. The first-order valence-electron chi connectivity index (χ1n) is 7.68. The molecule has 128 valence electrons. The number of thiazole rings is 1. The highest BCUT2D eigenvalue weighted by molar-refractivity contribution is 7.14. The number of aryl methyl sites for hydroxylation is 2. The van der Waals surface area contributed by atoms with Crippen molar-refractivity contribution in [3.63, 3.8) is 0 Å². The number of hydrogen-bond donors (Lipinski definition) is 2. The van der Waals surface area contributed by atoms with E-state index < -0.39 is 11.8 Å². The molecule has 0 saturated heterocycles. The molecule has 2 aromatic rings. The summed E-state index contributed by atoms with van der Waals surface area (Å²) in [6.07, 6.45) is 0. The highest BCUT2D eigenvalue weighted by atomic mass is 32.1. The van der Waals surface area contributed by atoms with Crippen molar-refractivity contribution in [1.82, 2.24) is 10.3 Å². The lowest BCUT2D eigenvalue weighted by Crippen LogP contribution is -2.37. The monoisotopic (exact) mass is 347 g/mol. The molecule has 0 radical (unpaired) electrons. The normalized spacial score (nSPS) is 11.7. The molecule has 1 atom stereocenters. The first kappa shape index (κ1) is 17.9. The highest BCUT2D eigenvalue weighted by Crippen LogP contribution is 2.26. The summed E-state index contributed by atoms with van der Waals surface area (Å²) < 4.78 is 5.59. The Bertz CT molecular complexity index is 742. The molecule has 0 aliphatic heterocycles. The molecule has 1 aromatic heterocycles. The number of benzene rings is 1. The summed E-state index contributed by atoms with van der Waals surface area (Å²) in [6.45, 7) is 8.03. The Kier molecular flexibility index (Phi) is 5.92. The summed E-state index contributed by atoms with van der Waals surface area (Å²) >= 11 is 1.28. The number of aromatic nitrogens is 1. The third-order valence-electron chi connectivity index (χ3n) is 3.32. The second-order valence-electron chi connectivity index (χ2n) is 5.42. The van der Waals surface area contributed by atoms with Crippen LogP contribution >= 0.6 is 11.3 Å². The number of anilines is 1. The van der Waals surface area contributed by atoms with Crippen LogP contribution in [0.2, 0.25) is 0 Å². The molecule has 0 fully saturated rings. The molecular formula is C17H21N3O3S. The number of carbonyl (C=O) groups excluding carboxylic acids is 2. The lowest BCUT2D eigenvalue weighted by molar-refractivity contribution is -0.136. The Hall–Kier alpha value is -2.41. The smallest absolute Gasteiger partial charge is 0.315 e. The van der Waals surface area contributed by atoms with Crippen molar-refractivity contribution in [3.05, 3.63) is 40.4 Å². The van der Waals surface area contributed by atoms with Gasteiger partial charge >= 0.3 is 11.8 Å². The summed E-state index contributed by atoms with van der Waals surface area (Å²) in [5.41, 5.74) is 2.69. The van der Waals surface area contributed by atoms with Crippen molar-refractivity contribution < 1.29 is 14.3 Å². The Morgan fingerprint density at radius 1 is 1.29 bits per heavy atom. The fraction of sp³-hybridized carbons (Fsp3) is 0.353. The van der Waals surface area contributed by atoms with Crippen molar-refractivity contribution in [1.29, 1.82) is 0 Å². The molecule has 0 saturated carbocycles. The molecule has 6 nitrogen and oxygen atoms in total. The number of nitrogens with zero attached hydrogens (tertiary/aromatic N) is 1. The molecule has 2 rings (SSSR count). The molecule has 2 N–H and O–H groups in total. The van der Waals surface area contributed by atoms with Crippen LogP contribution in [0.5, 0.6) is 5.75 Å². The van der Waals surface area contributed by atoms with Crippen LogP contribution in [-0.2, 0) is 9.59 Å². The molecule has 0 bridgehead atoms. The van der Waals surface area contributed by atoms with Gasteiger partial charge < -0.3 is 10.1 Å². The van der Waals surface area contributed by atoms with Gasteiger partial charge in [0.05, 0.1) is 18.3 Å². The van der Waals surface area contributed by atoms with Gasteiger partial charge in [-0.2, -0.15) is 0 Å². The van der Waals surface area contributed by atoms with E-state index in [0.29, 0.717) is 17.5 Å². The van der Waals surface area contributed by atoms with Crippen LogP contribution < -0.4 is 15.4 Å². The van der Waals surface area contributed by atoms with Gasteiger partial charge in [-0.05, 0) is 33.8 Å². The van der Waals surface area contributed by atoms with E-state index in [4.69, 9.17) is 4.74 Å². The standard InChI is InChI=1S/C17H21N3O3S/c1-5-23-14-7-6-10(2)8-13(14)12(4)19-15(21)16(22)20-17-18-11(3)9-24-17/h6-9,12H,5H2,1-4H3,(H,19,21)(H,18,20,22). The van der Waals surface area contributed by atoms with E-state index in [2.05, 4.69) is 15.6 Å². The van der Waals surface area contributed by atoms with Gasteiger partial charge in [-0.3, -0.25) is 14.9 Å². The molecule has 1 heterocycles. The number of hydrogen-bond acceptors (Lipinski definition) is 5. The Morgan fingerprint density at radius 3 is 2.67 bits per heavy atom. The first-order chi connectivity index (χ1) is 11.4. The van der Waals surface area contributed by atoms with Gasteiger partial charge in [0.2, 0.25) is 0 Å². The average Bonchev–Trinajstić information content (AvgIpc) is 2.94. The van der Waals surface area contributed by atoms with E-state index in [1.54, 1.807) is 5.38 Å². The van der Waals surface area contributed by atoms with Crippen molar-refractivity contribution >= 4 is 28.3 Å². The van der Waals surface area contributed by atoms with Crippen LogP contribution in [0.25, 0.3) is 0 Å². The SMILES string of the molecule is CCOc1ccc(C)cc1C(C)NC(=O)C(=O)Nc1nc(C)cs1. The van der Waals surface area contributed by atoms with Crippen molar-refractivity contribution in [2.24, 2.45) is 0 Å².